The third-order valence-electron chi connectivity index (χ3n) is 6.72. The second kappa shape index (κ2) is 10.0. The third kappa shape index (κ3) is 5.05. The van der Waals surface area contributed by atoms with Crippen LogP contribution in [0.2, 0.25) is 0 Å². The molecule has 1 heteroatoms. The van der Waals surface area contributed by atoms with Crippen molar-refractivity contribution >= 4 is 28.7 Å². The maximum absolute atomic E-state index is 2.35. The first-order valence-corrected chi connectivity index (χ1v) is 12.3. The van der Waals surface area contributed by atoms with Gasteiger partial charge in [-0.25, -0.2) is 0 Å². The van der Waals surface area contributed by atoms with Gasteiger partial charge < -0.3 is 4.90 Å². The molecule has 4 aromatic carbocycles. The lowest BCUT2D eigenvalue weighted by Gasteiger charge is -2.30. The van der Waals surface area contributed by atoms with Gasteiger partial charge in [-0.05, 0) is 66.4 Å². The maximum Gasteiger partial charge on any atom is 0.0462 e. The van der Waals surface area contributed by atoms with Crippen LogP contribution < -0.4 is 4.90 Å². The fourth-order valence-corrected chi connectivity index (χ4v) is 4.73. The Morgan fingerprint density at radius 1 is 0.686 bits per heavy atom. The Morgan fingerprint density at radius 2 is 1.26 bits per heavy atom. The van der Waals surface area contributed by atoms with Crippen molar-refractivity contribution < 1.29 is 0 Å². The Morgan fingerprint density at radius 3 is 1.86 bits per heavy atom. The molecule has 35 heavy (non-hydrogen) atoms. The third-order valence-corrected chi connectivity index (χ3v) is 6.72. The molecule has 1 aliphatic carbocycles. The van der Waals surface area contributed by atoms with Crippen LogP contribution in [0.5, 0.6) is 0 Å². The number of hydrogen-bond donors (Lipinski definition) is 0. The largest absolute Gasteiger partial charge is 0.311 e. The lowest BCUT2D eigenvalue weighted by Crippen LogP contribution is -2.16. The standard InChI is InChI=1S/C34H31N/c1-27-16-20-31(21-17-27)35(30-14-8-4-9-15-30)32-22-18-28(19-23-32)26-33(29-12-6-3-7-13-29)34(2)24-10-5-11-25-34/h3-24,26H,25H2,1-2H3/b33-26-. The van der Waals surface area contributed by atoms with Crippen LogP contribution >= 0.6 is 0 Å². The summed E-state index contributed by atoms with van der Waals surface area (Å²) in [6.45, 7) is 4.45. The van der Waals surface area contributed by atoms with E-state index in [9.17, 15) is 0 Å². The van der Waals surface area contributed by atoms with Crippen molar-refractivity contribution in [1.29, 1.82) is 0 Å². The molecule has 0 bridgehead atoms. The summed E-state index contributed by atoms with van der Waals surface area (Å²) in [5, 5.41) is 0. The van der Waals surface area contributed by atoms with E-state index in [1.54, 1.807) is 0 Å². The summed E-state index contributed by atoms with van der Waals surface area (Å²) >= 11 is 0. The summed E-state index contributed by atoms with van der Waals surface area (Å²) < 4.78 is 0. The van der Waals surface area contributed by atoms with E-state index in [0.717, 1.165) is 23.5 Å². The average molecular weight is 454 g/mol. The molecule has 1 unspecified atom stereocenters. The van der Waals surface area contributed by atoms with E-state index in [1.807, 2.05) is 0 Å². The molecule has 0 spiro atoms. The van der Waals surface area contributed by atoms with Crippen molar-refractivity contribution in [2.45, 2.75) is 20.3 Å². The van der Waals surface area contributed by atoms with Crippen molar-refractivity contribution in [1.82, 2.24) is 0 Å². The number of aryl methyl sites for hydroxylation is 1. The van der Waals surface area contributed by atoms with E-state index in [2.05, 4.69) is 158 Å². The van der Waals surface area contributed by atoms with E-state index in [0.29, 0.717) is 0 Å². The molecule has 0 N–H and O–H groups in total. The van der Waals surface area contributed by atoms with Crippen LogP contribution in [-0.2, 0) is 0 Å². The minimum absolute atomic E-state index is 0.0350. The highest BCUT2D eigenvalue weighted by Crippen LogP contribution is 2.43. The van der Waals surface area contributed by atoms with Crippen molar-refractivity contribution in [3.63, 3.8) is 0 Å². The first-order valence-electron chi connectivity index (χ1n) is 12.3. The molecule has 0 heterocycles. The smallest absolute Gasteiger partial charge is 0.0462 e. The second-order valence-corrected chi connectivity index (χ2v) is 9.43. The number of hydrogen-bond acceptors (Lipinski definition) is 1. The topological polar surface area (TPSA) is 3.24 Å². The summed E-state index contributed by atoms with van der Waals surface area (Å²) in [4.78, 5) is 2.31. The number of para-hydroxylation sites is 1. The second-order valence-electron chi connectivity index (χ2n) is 9.43. The summed E-state index contributed by atoms with van der Waals surface area (Å²) in [7, 11) is 0. The van der Waals surface area contributed by atoms with Gasteiger partial charge in [0.05, 0.1) is 0 Å². The predicted octanol–water partition coefficient (Wildman–Crippen LogP) is 9.53. The van der Waals surface area contributed by atoms with Gasteiger partial charge in [0.25, 0.3) is 0 Å². The molecule has 5 rings (SSSR count). The first kappa shape index (κ1) is 22.7. The fourth-order valence-electron chi connectivity index (χ4n) is 4.73. The van der Waals surface area contributed by atoms with Gasteiger partial charge in [0.15, 0.2) is 0 Å². The van der Waals surface area contributed by atoms with Crippen LogP contribution in [0, 0.1) is 12.3 Å². The van der Waals surface area contributed by atoms with Crippen LogP contribution in [0.25, 0.3) is 11.6 Å². The molecular weight excluding hydrogens is 422 g/mol. The summed E-state index contributed by atoms with van der Waals surface area (Å²) in [6, 6.07) is 38.9. The Balaban J connectivity index is 1.54. The van der Waals surface area contributed by atoms with Gasteiger partial charge in [-0.2, -0.15) is 0 Å². The Hall–Kier alpha value is -4.10. The fraction of sp³-hybridized carbons (Fsp3) is 0.118. The number of rotatable bonds is 6. The van der Waals surface area contributed by atoms with Crippen molar-refractivity contribution in [3.05, 3.63) is 150 Å². The van der Waals surface area contributed by atoms with Gasteiger partial charge >= 0.3 is 0 Å². The van der Waals surface area contributed by atoms with Crippen LogP contribution in [0.3, 0.4) is 0 Å². The van der Waals surface area contributed by atoms with Crippen molar-refractivity contribution in [2.75, 3.05) is 4.90 Å². The van der Waals surface area contributed by atoms with Crippen LogP contribution in [-0.4, -0.2) is 0 Å². The Bertz CT molecular complexity index is 1340. The molecule has 0 fully saturated rings. The summed E-state index contributed by atoms with van der Waals surface area (Å²) in [5.41, 5.74) is 8.48. The number of benzene rings is 4. The minimum Gasteiger partial charge on any atom is -0.311 e. The van der Waals surface area contributed by atoms with E-state index < -0.39 is 0 Å². The monoisotopic (exact) mass is 453 g/mol. The normalized spacial score (nSPS) is 17.4. The molecular formula is C34H31N. The molecule has 1 atom stereocenters. The van der Waals surface area contributed by atoms with Gasteiger partial charge in [-0.3, -0.25) is 0 Å². The van der Waals surface area contributed by atoms with E-state index in [1.165, 1.54) is 22.3 Å². The SMILES string of the molecule is Cc1ccc(N(c2ccccc2)c2ccc(/C=C(/c3ccccc3)C3(C)C=CC=CC3)cc2)cc1. The van der Waals surface area contributed by atoms with Crippen molar-refractivity contribution in [3.8, 4) is 0 Å². The molecule has 0 amide bonds. The quantitative estimate of drug-likeness (QED) is 0.263. The van der Waals surface area contributed by atoms with Gasteiger partial charge in [-0.1, -0.05) is 116 Å². The lowest BCUT2D eigenvalue weighted by atomic mass is 9.73. The molecule has 0 aromatic heterocycles. The first-order chi connectivity index (χ1) is 17.1. The van der Waals surface area contributed by atoms with E-state index >= 15 is 0 Å². The minimum atomic E-state index is -0.0350. The van der Waals surface area contributed by atoms with Crippen LogP contribution in [0.4, 0.5) is 17.1 Å². The molecule has 0 saturated heterocycles. The zero-order valence-electron chi connectivity index (χ0n) is 20.4. The number of anilines is 3. The highest BCUT2D eigenvalue weighted by Gasteiger charge is 2.27. The molecule has 1 nitrogen and oxygen atoms in total. The number of nitrogens with zero attached hydrogens (tertiary/aromatic N) is 1. The van der Waals surface area contributed by atoms with Gasteiger partial charge in [0.2, 0.25) is 0 Å². The summed E-state index contributed by atoms with van der Waals surface area (Å²) in [5.74, 6) is 0. The van der Waals surface area contributed by atoms with Crippen LogP contribution in [0.1, 0.15) is 30.0 Å². The van der Waals surface area contributed by atoms with Gasteiger partial charge in [0.1, 0.15) is 0 Å². The predicted molar refractivity (Wildman–Crippen MR) is 151 cm³/mol. The van der Waals surface area contributed by atoms with Crippen molar-refractivity contribution in [2.24, 2.45) is 5.41 Å². The van der Waals surface area contributed by atoms with E-state index in [4.69, 9.17) is 0 Å². The molecule has 4 aromatic rings. The molecule has 0 radical (unpaired) electrons. The number of allylic oxidation sites excluding steroid dienone is 5. The summed E-state index contributed by atoms with van der Waals surface area (Å²) in [6.07, 6.45) is 12.2. The molecule has 172 valence electrons. The van der Waals surface area contributed by atoms with Gasteiger partial charge in [0, 0.05) is 22.5 Å². The average Bonchev–Trinajstić information content (AvgIpc) is 2.91. The van der Waals surface area contributed by atoms with Crippen LogP contribution in [0.15, 0.2) is 133 Å². The zero-order valence-corrected chi connectivity index (χ0v) is 20.4. The maximum atomic E-state index is 2.35. The Kier molecular flexibility index (Phi) is 6.50. The molecule has 1 aliphatic rings. The molecule has 0 aliphatic heterocycles. The van der Waals surface area contributed by atoms with Gasteiger partial charge in [-0.15, -0.1) is 0 Å². The zero-order chi connectivity index (χ0) is 24.1. The lowest BCUT2D eigenvalue weighted by molar-refractivity contribution is 0.580. The highest BCUT2D eigenvalue weighted by atomic mass is 15.1. The Labute approximate surface area is 209 Å². The van der Waals surface area contributed by atoms with E-state index in [-0.39, 0.29) is 5.41 Å². The molecule has 0 saturated carbocycles. The highest BCUT2D eigenvalue weighted by molar-refractivity contribution is 5.86.